The van der Waals surface area contributed by atoms with Gasteiger partial charge in [0.1, 0.15) is 0 Å². The second-order valence-corrected chi connectivity index (χ2v) is 18.5. The van der Waals surface area contributed by atoms with E-state index in [1.54, 1.807) is 28.1 Å². The molecular formula is C38H42BrN3O7Si. The summed E-state index contributed by atoms with van der Waals surface area (Å²) in [6.45, 7) is 6.07. The Bertz CT molecular complexity index is 1950. The Balaban J connectivity index is 1.35. The highest BCUT2D eigenvalue weighted by molar-refractivity contribution is 9.10. The summed E-state index contributed by atoms with van der Waals surface area (Å²) in [6.07, 6.45) is 0.888. The summed E-state index contributed by atoms with van der Waals surface area (Å²) in [7, 11) is -1.57. The third-order valence-corrected chi connectivity index (χ3v) is 12.9. The number of fused-ring (bicyclic) bond motifs is 2. The molecule has 50 heavy (non-hydrogen) atoms. The van der Waals surface area contributed by atoms with E-state index in [1.165, 1.54) is 11.7 Å². The van der Waals surface area contributed by atoms with Crippen molar-refractivity contribution in [2.24, 2.45) is 5.92 Å². The Morgan fingerprint density at radius 2 is 1.76 bits per heavy atom. The summed E-state index contributed by atoms with van der Waals surface area (Å²) in [5, 5.41) is 9.82. The van der Waals surface area contributed by atoms with Gasteiger partial charge in [0, 0.05) is 46.5 Å². The fourth-order valence-electron chi connectivity index (χ4n) is 7.74. The number of rotatable bonds is 11. The second-order valence-electron chi connectivity index (χ2n) is 13.6. The Labute approximate surface area is 301 Å². The van der Waals surface area contributed by atoms with Crippen molar-refractivity contribution in [3.05, 3.63) is 123 Å². The first-order valence-corrected chi connectivity index (χ1v) is 20.5. The molecule has 10 nitrogen and oxygen atoms in total. The van der Waals surface area contributed by atoms with Gasteiger partial charge in [-0.05, 0) is 66.7 Å². The zero-order valence-corrected chi connectivity index (χ0v) is 31.2. The maximum absolute atomic E-state index is 14.9. The summed E-state index contributed by atoms with van der Waals surface area (Å²) >= 11 is 3.60. The molecule has 0 radical (unpaired) electrons. The van der Waals surface area contributed by atoms with Crippen molar-refractivity contribution in [3.8, 4) is 11.4 Å². The molecule has 1 fully saturated rings. The molecule has 262 valence electrons. The van der Waals surface area contributed by atoms with Crippen molar-refractivity contribution >= 4 is 41.7 Å². The average Bonchev–Trinajstić information content (AvgIpc) is 3.51. The Morgan fingerprint density at radius 3 is 2.46 bits per heavy atom. The van der Waals surface area contributed by atoms with Crippen LogP contribution in [-0.2, 0) is 33.0 Å². The SMILES string of the molecule is COc1cccn(-c2cccc(CN3C(=O)[C@@]4(O[C@@H](CC(=O)N(CCO)Cc5ccccc5)[C@H]([Si](C)(C)O)[C@H]4C)c4cc(Br)ccc43)c2)c1=O. The highest BCUT2D eigenvalue weighted by Gasteiger charge is 2.66. The molecule has 3 aromatic carbocycles. The van der Waals surface area contributed by atoms with Gasteiger partial charge in [0.05, 0.1) is 38.5 Å². The van der Waals surface area contributed by atoms with Crippen molar-refractivity contribution in [1.82, 2.24) is 9.47 Å². The molecule has 6 rings (SSSR count). The van der Waals surface area contributed by atoms with Gasteiger partial charge in [0.25, 0.3) is 11.5 Å². The number of hydrogen-bond acceptors (Lipinski definition) is 7. The zero-order chi connectivity index (χ0) is 35.8. The number of anilines is 1. The van der Waals surface area contributed by atoms with Gasteiger partial charge in [-0.25, -0.2) is 0 Å². The molecule has 4 aromatic rings. The van der Waals surface area contributed by atoms with Gasteiger partial charge in [0.15, 0.2) is 19.7 Å². The number of pyridine rings is 1. The van der Waals surface area contributed by atoms with E-state index in [0.717, 1.165) is 15.6 Å². The minimum Gasteiger partial charge on any atom is -0.491 e. The predicted octanol–water partition coefficient (Wildman–Crippen LogP) is 5.36. The Morgan fingerprint density at radius 1 is 1.02 bits per heavy atom. The van der Waals surface area contributed by atoms with E-state index < -0.39 is 31.5 Å². The molecule has 2 N–H and O–H groups in total. The van der Waals surface area contributed by atoms with E-state index in [-0.39, 0.29) is 49.2 Å². The lowest BCUT2D eigenvalue weighted by Crippen LogP contribution is -2.46. The first-order chi connectivity index (χ1) is 23.9. The van der Waals surface area contributed by atoms with E-state index in [0.29, 0.717) is 23.5 Å². The number of halogens is 1. The molecule has 4 atom stereocenters. The third kappa shape index (κ3) is 6.58. The lowest BCUT2D eigenvalue weighted by molar-refractivity contribution is -0.150. The van der Waals surface area contributed by atoms with Crippen LogP contribution in [0.1, 0.15) is 30.0 Å². The molecule has 0 unspecified atom stereocenters. The summed E-state index contributed by atoms with van der Waals surface area (Å²) in [4.78, 5) is 56.8. The van der Waals surface area contributed by atoms with E-state index in [9.17, 15) is 24.3 Å². The van der Waals surface area contributed by atoms with Crippen LogP contribution in [-0.4, -0.2) is 65.9 Å². The molecular weight excluding hydrogens is 718 g/mol. The summed E-state index contributed by atoms with van der Waals surface area (Å²) in [6, 6.07) is 26.0. The maximum Gasteiger partial charge on any atom is 0.297 e. The minimum absolute atomic E-state index is 0.0471. The molecule has 0 bridgehead atoms. The quantitative estimate of drug-likeness (QED) is 0.198. The van der Waals surface area contributed by atoms with Gasteiger partial charge in [-0.3, -0.25) is 19.0 Å². The number of carbonyl (C=O) groups excluding carboxylic acids is 2. The molecule has 1 aromatic heterocycles. The van der Waals surface area contributed by atoms with Crippen LogP contribution in [0.2, 0.25) is 18.6 Å². The lowest BCUT2D eigenvalue weighted by Gasteiger charge is -2.32. The minimum atomic E-state index is -3.03. The number of carbonyl (C=O) groups is 2. The number of methoxy groups -OCH3 is 1. The largest absolute Gasteiger partial charge is 0.491 e. The van der Waals surface area contributed by atoms with Gasteiger partial charge >= 0.3 is 0 Å². The van der Waals surface area contributed by atoms with Crippen LogP contribution in [0.25, 0.3) is 5.69 Å². The summed E-state index contributed by atoms with van der Waals surface area (Å²) < 4.78 is 14.4. The molecule has 12 heteroatoms. The van der Waals surface area contributed by atoms with Crippen LogP contribution in [0.15, 0.2) is 100 Å². The number of nitrogens with zero attached hydrogens (tertiary/aromatic N) is 3. The molecule has 3 heterocycles. The summed E-state index contributed by atoms with van der Waals surface area (Å²) in [5.41, 5.74) is 1.54. The lowest BCUT2D eigenvalue weighted by atomic mass is 9.82. The van der Waals surface area contributed by atoms with Crippen LogP contribution in [0.4, 0.5) is 5.69 Å². The standard InChI is InChI=1S/C38H42BrN3O7Si/c1-25-35(50(3,4)47)33(22-34(44)40(18-19-43)23-26-10-6-5-7-11-26)49-38(25)30-21-28(39)15-16-31(30)42(37(38)46)24-27-12-8-13-29(20-27)41-17-9-14-32(48-2)36(41)45/h5-17,20-21,25,33,35,43,47H,18-19,22-24H2,1-4H3/t25-,33+,35-,38+/m1/s1. The molecule has 1 spiro atoms. The highest BCUT2D eigenvalue weighted by Crippen LogP contribution is 2.60. The highest BCUT2D eigenvalue weighted by atomic mass is 79.9. The number of aliphatic hydroxyl groups excluding tert-OH is 1. The topological polar surface area (TPSA) is 122 Å². The van der Waals surface area contributed by atoms with Crippen LogP contribution >= 0.6 is 15.9 Å². The van der Waals surface area contributed by atoms with Crippen molar-refractivity contribution in [2.45, 2.75) is 56.8 Å². The second kappa shape index (κ2) is 14.3. The smallest absolute Gasteiger partial charge is 0.297 e. The maximum atomic E-state index is 14.9. The van der Waals surface area contributed by atoms with E-state index in [2.05, 4.69) is 15.9 Å². The van der Waals surface area contributed by atoms with Crippen LogP contribution in [0.3, 0.4) is 0 Å². The average molecular weight is 761 g/mol. The normalized spacial score (nSPS) is 21.5. The van der Waals surface area contributed by atoms with Crippen LogP contribution in [0, 0.1) is 5.92 Å². The van der Waals surface area contributed by atoms with Crippen LogP contribution < -0.4 is 15.2 Å². The van der Waals surface area contributed by atoms with E-state index in [4.69, 9.17) is 9.47 Å². The first-order valence-electron chi connectivity index (χ1n) is 16.7. The van der Waals surface area contributed by atoms with Crippen molar-refractivity contribution < 1.29 is 29.0 Å². The van der Waals surface area contributed by atoms with Gasteiger partial charge in [-0.1, -0.05) is 65.3 Å². The Hall–Kier alpha value is -4.07. The number of aromatic nitrogens is 1. The third-order valence-electron chi connectivity index (χ3n) is 9.92. The molecule has 1 saturated heterocycles. The Kier molecular flexibility index (Phi) is 10.2. The summed E-state index contributed by atoms with van der Waals surface area (Å²) in [5.74, 6) is -0.725. The molecule has 2 aliphatic heterocycles. The first kappa shape index (κ1) is 35.7. The molecule has 2 amide bonds. The molecule has 0 aliphatic carbocycles. The zero-order valence-electron chi connectivity index (χ0n) is 28.6. The number of ether oxygens (including phenoxy) is 2. The van der Waals surface area contributed by atoms with Crippen LogP contribution in [0.5, 0.6) is 5.75 Å². The van der Waals surface area contributed by atoms with Crippen molar-refractivity contribution in [1.29, 1.82) is 0 Å². The predicted molar refractivity (Wildman–Crippen MR) is 197 cm³/mol. The number of hydrogen-bond donors (Lipinski definition) is 2. The molecule has 2 aliphatic rings. The number of benzene rings is 3. The molecule has 0 saturated carbocycles. The van der Waals surface area contributed by atoms with Gasteiger partial charge < -0.3 is 29.2 Å². The van der Waals surface area contributed by atoms with Gasteiger partial charge in [-0.15, -0.1) is 0 Å². The van der Waals surface area contributed by atoms with Crippen molar-refractivity contribution in [3.63, 3.8) is 0 Å². The van der Waals surface area contributed by atoms with E-state index >= 15 is 0 Å². The monoisotopic (exact) mass is 759 g/mol. The van der Waals surface area contributed by atoms with E-state index in [1.807, 2.05) is 92.8 Å². The number of aliphatic hydroxyl groups is 1. The van der Waals surface area contributed by atoms with Gasteiger partial charge in [-0.2, -0.15) is 0 Å². The van der Waals surface area contributed by atoms with Gasteiger partial charge in [0.2, 0.25) is 5.91 Å². The fourth-order valence-corrected chi connectivity index (χ4v) is 10.7. The fraction of sp³-hybridized carbons (Fsp3) is 0.342. The number of amides is 2. The van der Waals surface area contributed by atoms with Crippen molar-refractivity contribution in [2.75, 3.05) is 25.2 Å².